The molecule has 2 amide bonds. The molecular weight excluding hydrogens is 456 g/mol. The minimum atomic E-state index is -1.04. The number of hydrogen-bond acceptors (Lipinski definition) is 6. The molecule has 0 spiro atoms. The normalized spacial score (nSPS) is 12.7. The molecule has 0 bridgehead atoms. The standard InChI is InChI=1S/C15H17NO3.C13H13N3O/c1-15(2,18)8-6-11-4-5-13-12(10-11)16(3)14(17)7-9-19-13;1-9-3-2-4-11(16-9)7-10-5-6-15-12(8-10)13(14)17/h4-5,10,18H,7,9H2,1-3H3;2-6,8H,7H2,1H3,(H2,14,17). The number of aliphatic hydroxyl groups is 1. The number of primary amides is 1. The van der Waals surface area contributed by atoms with Crippen molar-refractivity contribution < 1.29 is 19.4 Å². The second-order valence-electron chi connectivity index (χ2n) is 8.90. The summed E-state index contributed by atoms with van der Waals surface area (Å²) in [6.07, 6.45) is 2.63. The summed E-state index contributed by atoms with van der Waals surface area (Å²) in [4.78, 5) is 32.7. The van der Waals surface area contributed by atoms with Crippen LogP contribution in [0.5, 0.6) is 5.75 Å². The summed E-state index contributed by atoms with van der Waals surface area (Å²) < 4.78 is 5.53. The van der Waals surface area contributed by atoms with Crippen molar-refractivity contribution in [2.45, 2.75) is 39.2 Å². The van der Waals surface area contributed by atoms with Gasteiger partial charge in [-0.3, -0.25) is 19.6 Å². The molecule has 0 atom stereocenters. The first-order chi connectivity index (χ1) is 17.0. The summed E-state index contributed by atoms with van der Waals surface area (Å²) in [5.41, 5.74) is 8.81. The first-order valence-corrected chi connectivity index (χ1v) is 11.5. The van der Waals surface area contributed by atoms with Gasteiger partial charge in [0.25, 0.3) is 5.91 Å². The number of amides is 2. The Hall–Kier alpha value is -4.22. The molecule has 36 heavy (non-hydrogen) atoms. The fraction of sp³-hybridized carbons (Fsp3) is 0.286. The van der Waals surface area contributed by atoms with Crippen LogP contribution in [0.15, 0.2) is 54.7 Å². The second kappa shape index (κ2) is 11.5. The second-order valence-corrected chi connectivity index (χ2v) is 8.90. The number of carbonyl (C=O) groups is 2. The molecule has 0 radical (unpaired) electrons. The van der Waals surface area contributed by atoms with E-state index in [-0.39, 0.29) is 11.6 Å². The van der Waals surface area contributed by atoms with Crippen LogP contribution in [0.25, 0.3) is 0 Å². The van der Waals surface area contributed by atoms with Gasteiger partial charge < -0.3 is 20.5 Å². The molecule has 3 N–H and O–H groups in total. The van der Waals surface area contributed by atoms with Crippen LogP contribution in [-0.4, -0.2) is 46.1 Å². The average molecular weight is 487 g/mol. The molecule has 0 unspecified atom stereocenters. The Labute approximate surface area is 211 Å². The van der Waals surface area contributed by atoms with Crippen LogP contribution < -0.4 is 15.4 Å². The van der Waals surface area contributed by atoms with E-state index in [2.05, 4.69) is 21.8 Å². The van der Waals surface area contributed by atoms with E-state index in [1.807, 2.05) is 37.3 Å². The zero-order valence-electron chi connectivity index (χ0n) is 20.9. The van der Waals surface area contributed by atoms with Crippen LogP contribution in [-0.2, 0) is 11.2 Å². The highest BCUT2D eigenvalue weighted by molar-refractivity contribution is 5.95. The van der Waals surface area contributed by atoms with E-state index in [0.717, 1.165) is 22.5 Å². The van der Waals surface area contributed by atoms with Crippen LogP contribution >= 0.6 is 0 Å². The number of pyridine rings is 2. The monoisotopic (exact) mass is 486 g/mol. The summed E-state index contributed by atoms with van der Waals surface area (Å²) in [5, 5.41) is 9.59. The van der Waals surface area contributed by atoms with Crippen molar-refractivity contribution in [2.24, 2.45) is 5.73 Å². The van der Waals surface area contributed by atoms with Crippen molar-refractivity contribution >= 4 is 17.5 Å². The number of rotatable bonds is 3. The lowest BCUT2D eigenvalue weighted by molar-refractivity contribution is -0.118. The van der Waals surface area contributed by atoms with Gasteiger partial charge in [0.2, 0.25) is 5.91 Å². The quantitative estimate of drug-likeness (QED) is 0.550. The molecule has 1 aliphatic heterocycles. The van der Waals surface area contributed by atoms with Gasteiger partial charge in [-0.15, -0.1) is 0 Å². The van der Waals surface area contributed by atoms with Crippen LogP contribution in [0.1, 0.15) is 53.3 Å². The Morgan fingerprint density at radius 1 is 1.22 bits per heavy atom. The van der Waals surface area contributed by atoms with Gasteiger partial charge in [0.1, 0.15) is 17.0 Å². The molecular formula is C28H30N4O4. The van der Waals surface area contributed by atoms with E-state index in [9.17, 15) is 14.7 Å². The average Bonchev–Trinajstić information content (AvgIpc) is 2.96. The van der Waals surface area contributed by atoms with Gasteiger partial charge in [0.05, 0.1) is 18.7 Å². The van der Waals surface area contributed by atoms with Crippen LogP contribution in [0.4, 0.5) is 5.69 Å². The molecule has 0 saturated heterocycles. The van der Waals surface area contributed by atoms with Gasteiger partial charge in [0, 0.05) is 36.6 Å². The number of hydrogen-bond donors (Lipinski definition) is 2. The zero-order valence-corrected chi connectivity index (χ0v) is 20.9. The molecule has 2 aromatic heterocycles. The van der Waals surface area contributed by atoms with E-state index in [1.165, 1.54) is 0 Å². The Morgan fingerprint density at radius 3 is 2.69 bits per heavy atom. The lowest BCUT2D eigenvalue weighted by Crippen LogP contribution is -2.25. The van der Waals surface area contributed by atoms with E-state index < -0.39 is 11.5 Å². The first-order valence-electron chi connectivity index (χ1n) is 11.5. The minimum absolute atomic E-state index is 0.0198. The van der Waals surface area contributed by atoms with Gasteiger partial charge in [-0.25, -0.2) is 0 Å². The molecule has 0 aliphatic carbocycles. The molecule has 8 heteroatoms. The third-order valence-corrected chi connectivity index (χ3v) is 5.19. The number of fused-ring (bicyclic) bond motifs is 1. The zero-order chi connectivity index (χ0) is 26.3. The van der Waals surface area contributed by atoms with E-state index in [1.54, 1.807) is 50.2 Å². The highest BCUT2D eigenvalue weighted by Crippen LogP contribution is 2.31. The smallest absolute Gasteiger partial charge is 0.267 e. The largest absolute Gasteiger partial charge is 0.491 e. The molecule has 0 saturated carbocycles. The molecule has 4 rings (SSSR count). The summed E-state index contributed by atoms with van der Waals surface area (Å²) in [6.45, 7) is 5.60. The molecule has 3 heterocycles. The topological polar surface area (TPSA) is 119 Å². The van der Waals surface area contributed by atoms with E-state index >= 15 is 0 Å². The maximum atomic E-state index is 11.8. The maximum absolute atomic E-state index is 11.8. The lowest BCUT2D eigenvalue weighted by Gasteiger charge is -2.16. The van der Waals surface area contributed by atoms with Gasteiger partial charge >= 0.3 is 0 Å². The lowest BCUT2D eigenvalue weighted by atomic mass is 10.1. The van der Waals surface area contributed by atoms with Gasteiger partial charge in [-0.05, 0) is 68.8 Å². The summed E-state index contributed by atoms with van der Waals surface area (Å²) in [5.74, 6) is 5.84. The summed E-state index contributed by atoms with van der Waals surface area (Å²) >= 11 is 0. The predicted molar refractivity (Wildman–Crippen MR) is 138 cm³/mol. The number of aromatic nitrogens is 2. The summed E-state index contributed by atoms with van der Waals surface area (Å²) in [7, 11) is 1.73. The van der Waals surface area contributed by atoms with Crippen molar-refractivity contribution in [3.63, 3.8) is 0 Å². The molecule has 0 fully saturated rings. The van der Waals surface area contributed by atoms with Crippen LogP contribution in [0.3, 0.4) is 0 Å². The Morgan fingerprint density at radius 2 is 2.00 bits per heavy atom. The Bertz CT molecular complexity index is 1320. The number of benzene rings is 1. The summed E-state index contributed by atoms with van der Waals surface area (Å²) in [6, 6.07) is 14.9. The number of anilines is 1. The van der Waals surface area contributed by atoms with Gasteiger partial charge in [0.15, 0.2) is 0 Å². The van der Waals surface area contributed by atoms with E-state index in [0.29, 0.717) is 30.9 Å². The highest BCUT2D eigenvalue weighted by Gasteiger charge is 2.20. The fourth-order valence-electron chi connectivity index (χ4n) is 3.38. The van der Waals surface area contributed by atoms with Crippen LogP contribution in [0, 0.1) is 18.8 Å². The van der Waals surface area contributed by atoms with Crippen molar-refractivity contribution in [1.29, 1.82) is 0 Å². The highest BCUT2D eigenvalue weighted by atomic mass is 16.5. The van der Waals surface area contributed by atoms with Gasteiger partial charge in [-0.2, -0.15) is 0 Å². The SMILES string of the molecule is CN1C(=O)CCOc2ccc(C#CC(C)(C)O)cc21.Cc1cccc(Cc2ccnc(C(N)=O)c2)n1. The number of carbonyl (C=O) groups excluding carboxylic acids is 2. The Balaban J connectivity index is 0.000000202. The molecule has 1 aliphatic rings. The molecule has 3 aromatic rings. The number of ether oxygens (including phenoxy) is 1. The predicted octanol–water partition coefficient (Wildman–Crippen LogP) is 3.03. The van der Waals surface area contributed by atoms with Crippen molar-refractivity contribution in [2.75, 3.05) is 18.6 Å². The van der Waals surface area contributed by atoms with Crippen LogP contribution in [0.2, 0.25) is 0 Å². The minimum Gasteiger partial charge on any atom is -0.491 e. The van der Waals surface area contributed by atoms with Gasteiger partial charge in [-0.1, -0.05) is 17.9 Å². The molecule has 1 aromatic carbocycles. The molecule has 8 nitrogen and oxygen atoms in total. The first kappa shape index (κ1) is 26.4. The van der Waals surface area contributed by atoms with Crippen molar-refractivity contribution in [1.82, 2.24) is 9.97 Å². The Kier molecular flexibility index (Phi) is 8.41. The third kappa shape index (κ3) is 7.65. The molecule has 186 valence electrons. The maximum Gasteiger partial charge on any atom is 0.267 e. The van der Waals surface area contributed by atoms with Crippen molar-refractivity contribution in [3.05, 3.63) is 82.9 Å². The number of aryl methyl sites for hydroxylation is 1. The van der Waals surface area contributed by atoms with E-state index in [4.69, 9.17) is 10.5 Å². The third-order valence-electron chi connectivity index (χ3n) is 5.19. The number of nitrogens with zero attached hydrogens (tertiary/aromatic N) is 3. The van der Waals surface area contributed by atoms with Crippen molar-refractivity contribution in [3.8, 4) is 17.6 Å². The number of nitrogens with two attached hydrogens (primary N) is 1. The fourth-order valence-corrected chi connectivity index (χ4v) is 3.38.